The number of hydrogen-bond donors (Lipinski definition) is 1. The third kappa shape index (κ3) is 3.37. The molecule has 1 aliphatic rings. The van der Waals surface area contributed by atoms with Gasteiger partial charge in [-0.15, -0.1) is 0 Å². The van der Waals surface area contributed by atoms with Gasteiger partial charge in [-0.3, -0.25) is 9.59 Å². The van der Waals surface area contributed by atoms with Crippen LogP contribution in [0.3, 0.4) is 0 Å². The number of imide groups is 1. The number of amides is 2. The summed E-state index contributed by atoms with van der Waals surface area (Å²) in [6.45, 7) is 3.76. The van der Waals surface area contributed by atoms with E-state index >= 15 is 0 Å². The van der Waals surface area contributed by atoms with Crippen LogP contribution in [0.25, 0.3) is 5.57 Å². The minimum Gasteiger partial charge on any atom is -0.350 e. The van der Waals surface area contributed by atoms with E-state index in [1.54, 1.807) is 24.3 Å². The largest absolute Gasteiger partial charge is 0.350 e. The second-order valence-electron chi connectivity index (χ2n) is 7.10. The molecular weight excluding hydrogens is 386 g/mol. The van der Waals surface area contributed by atoms with Crippen LogP contribution in [-0.4, -0.2) is 11.8 Å². The van der Waals surface area contributed by atoms with E-state index < -0.39 is 29.1 Å². The third-order valence-corrected chi connectivity index (χ3v) is 4.98. The van der Waals surface area contributed by atoms with E-state index in [0.717, 1.165) is 29.3 Å². The van der Waals surface area contributed by atoms with Crippen molar-refractivity contribution in [2.75, 3.05) is 10.2 Å². The maximum atomic E-state index is 14.4. The number of benzene rings is 3. The molecule has 3 aromatic carbocycles. The fourth-order valence-electron chi connectivity index (χ4n) is 3.36. The summed E-state index contributed by atoms with van der Waals surface area (Å²) in [7, 11) is 0. The zero-order valence-corrected chi connectivity index (χ0v) is 16.4. The molecule has 0 spiro atoms. The summed E-state index contributed by atoms with van der Waals surface area (Å²) in [6, 6.07) is 17.0. The van der Waals surface area contributed by atoms with Crippen LogP contribution in [0.5, 0.6) is 0 Å². The van der Waals surface area contributed by atoms with Gasteiger partial charge in [-0.25, -0.2) is 13.7 Å². The number of halogens is 2. The summed E-state index contributed by atoms with van der Waals surface area (Å²) in [5.41, 5.74) is 2.69. The number of hydrogen-bond acceptors (Lipinski definition) is 3. The Morgan fingerprint density at radius 3 is 2.23 bits per heavy atom. The van der Waals surface area contributed by atoms with Gasteiger partial charge >= 0.3 is 0 Å². The van der Waals surface area contributed by atoms with Crippen LogP contribution in [0.4, 0.5) is 20.2 Å². The second-order valence-corrected chi connectivity index (χ2v) is 7.10. The maximum absolute atomic E-state index is 14.4. The van der Waals surface area contributed by atoms with Crippen LogP contribution in [0.1, 0.15) is 16.7 Å². The van der Waals surface area contributed by atoms with Gasteiger partial charge in [0.1, 0.15) is 17.3 Å². The lowest BCUT2D eigenvalue weighted by Crippen LogP contribution is -2.33. The molecule has 6 heteroatoms. The number of carbonyl (C=O) groups is 2. The molecule has 150 valence electrons. The standard InChI is InChI=1S/C24H18F2N2O2/c1-14-7-9-16(10-8-14)21-22(27-19-6-4-3-5-15(19)2)24(30)28(23(21)29)20-13-17(25)11-12-18(20)26/h3-13,27H,1-2H3. The SMILES string of the molecule is Cc1ccc(C2=C(Nc3ccccc3C)C(=O)N(c3cc(F)ccc3F)C2=O)cc1. The van der Waals surface area contributed by atoms with Crippen molar-refractivity contribution in [2.24, 2.45) is 0 Å². The number of rotatable bonds is 4. The predicted molar refractivity (Wildman–Crippen MR) is 112 cm³/mol. The van der Waals surface area contributed by atoms with E-state index in [0.29, 0.717) is 16.2 Å². The molecule has 30 heavy (non-hydrogen) atoms. The van der Waals surface area contributed by atoms with Gasteiger partial charge in [0.15, 0.2) is 0 Å². The first-order valence-electron chi connectivity index (χ1n) is 9.34. The lowest BCUT2D eigenvalue weighted by atomic mass is 10.0. The Morgan fingerprint density at radius 1 is 0.833 bits per heavy atom. The normalized spacial score (nSPS) is 13.9. The van der Waals surface area contributed by atoms with Crippen molar-refractivity contribution in [2.45, 2.75) is 13.8 Å². The molecule has 2 amide bonds. The monoisotopic (exact) mass is 404 g/mol. The Labute approximate surface area is 172 Å². The van der Waals surface area contributed by atoms with Gasteiger partial charge in [0.25, 0.3) is 11.8 Å². The van der Waals surface area contributed by atoms with Crippen molar-refractivity contribution in [1.82, 2.24) is 0 Å². The van der Waals surface area contributed by atoms with Crippen molar-refractivity contribution in [3.8, 4) is 0 Å². The first-order valence-corrected chi connectivity index (χ1v) is 9.34. The minimum absolute atomic E-state index is 0.0156. The molecular formula is C24H18F2N2O2. The van der Waals surface area contributed by atoms with Gasteiger partial charge in [-0.1, -0.05) is 48.0 Å². The highest BCUT2D eigenvalue weighted by Gasteiger charge is 2.41. The number of aryl methyl sites for hydroxylation is 2. The second kappa shape index (κ2) is 7.55. The van der Waals surface area contributed by atoms with Gasteiger partial charge < -0.3 is 5.32 Å². The molecule has 1 N–H and O–H groups in total. The highest BCUT2D eigenvalue weighted by molar-refractivity contribution is 6.46. The van der Waals surface area contributed by atoms with E-state index in [2.05, 4.69) is 5.32 Å². The van der Waals surface area contributed by atoms with Crippen molar-refractivity contribution >= 4 is 28.8 Å². The molecule has 0 aromatic heterocycles. The zero-order chi connectivity index (χ0) is 21.4. The summed E-state index contributed by atoms with van der Waals surface area (Å²) in [5.74, 6) is -3.07. The van der Waals surface area contributed by atoms with Gasteiger partial charge in [-0.2, -0.15) is 0 Å². The van der Waals surface area contributed by atoms with E-state index in [1.165, 1.54) is 0 Å². The van der Waals surface area contributed by atoms with Gasteiger partial charge in [0.2, 0.25) is 0 Å². The highest BCUT2D eigenvalue weighted by Crippen LogP contribution is 2.35. The molecule has 0 aliphatic carbocycles. The molecule has 0 atom stereocenters. The number of nitrogens with one attached hydrogen (secondary N) is 1. The highest BCUT2D eigenvalue weighted by atomic mass is 19.1. The van der Waals surface area contributed by atoms with Crippen molar-refractivity contribution in [3.05, 3.63) is 101 Å². The molecule has 1 heterocycles. The van der Waals surface area contributed by atoms with E-state index in [9.17, 15) is 18.4 Å². The fourth-order valence-corrected chi connectivity index (χ4v) is 3.36. The zero-order valence-electron chi connectivity index (χ0n) is 16.4. The first-order chi connectivity index (χ1) is 14.4. The molecule has 0 fully saturated rings. The molecule has 1 aliphatic heterocycles. The van der Waals surface area contributed by atoms with Crippen LogP contribution in [0.2, 0.25) is 0 Å². The molecule has 0 radical (unpaired) electrons. The molecule has 0 saturated heterocycles. The Morgan fingerprint density at radius 2 is 1.53 bits per heavy atom. The lowest BCUT2D eigenvalue weighted by Gasteiger charge is -2.16. The summed E-state index contributed by atoms with van der Waals surface area (Å²) < 4.78 is 28.2. The number of anilines is 2. The van der Waals surface area contributed by atoms with Crippen molar-refractivity contribution in [3.63, 3.8) is 0 Å². The third-order valence-electron chi connectivity index (χ3n) is 4.98. The van der Waals surface area contributed by atoms with Crippen LogP contribution in [-0.2, 0) is 9.59 Å². The Bertz CT molecular complexity index is 1200. The summed E-state index contributed by atoms with van der Waals surface area (Å²) >= 11 is 0. The predicted octanol–water partition coefficient (Wildman–Crippen LogP) is 4.98. The van der Waals surface area contributed by atoms with E-state index in [1.807, 2.05) is 38.1 Å². The molecule has 4 nitrogen and oxygen atoms in total. The Balaban J connectivity index is 1.87. The Kier molecular flexibility index (Phi) is 4.91. The first kappa shape index (κ1) is 19.5. The van der Waals surface area contributed by atoms with Crippen LogP contribution in [0.15, 0.2) is 72.4 Å². The summed E-state index contributed by atoms with van der Waals surface area (Å²) in [6.07, 6.45) is 0. The topological polar surface area (TPSA) is 49.4 Å². The fraction of sp³-hybridized carbons (Fsp3) is 0.0833. The van der Waals surface area contributed by atoms with Gasteiger partial charge in [-0.05, 0) is 43.2 Å². The van der Waals surface area contributed by atoms with Crippen molar-refractivity contribution in [1.29, 1.82) is 0 Å². The van der Waals surface area contributed by atoms with E-state index in [4.69, 9.17) is 0 Å². The van der Waals surface area contributed by atoms with Crippen LogP contribution >= 0.6 is 0 Å². The van der Waals surface area contributed by atoms with Gasteiger partial charge in [0.05, 0.1) is 11.3 Å². The molecule has 4 rings (SSSR count). The molecule has 3 aromatic rings. The maximum Gasteiger partial charge on any atom is 0.282 e. The van der Waals surface area contributed by atoms with Gasteiger partial charge in [0, 0.05) is 11.8 Å². The summed E-state index contributed by atoms with van der Waals surface area (Å²) in [5, 5.41) is 3.04. The minimum atomic E-state index is -0.863. The van der Waals surface area contributed by atoms with E-state index in [-0.39, 0.29) is 11.3 Å². The van der Waals surface area contributed by atoms with Crippen LogP contribution in [0, 0.1) is 25.5 Å². The number of nitrogens with zero attached hydrogens (tertiary/aromatic N) is 1. The number of carbonyl (C=O) groups excluding carboxylic acids is 2. The average Bonchev–Trinajstić information content (AvgIpc) is 2.96. The average molecular weight is 404 g/mol. The quantitative estimate of drug-likeness (QED) is 0.624. The Hall–Kier alpha value is -3.80. The lowest BCUT2D eigenvalue weighted by molar-refractivity contribution is -0.120. The molecule has 0 bridgehead atoms. The van der Waals surface area contributed by atoms with Crippen molar-refractivity contribution < 1.29 is 18.4 Å². The molecule has 0 unspecified atom stereocenters. The van der Waals surface area contributed by atoms with Crippen LogP contribution < -0.4 is 10.2 Å². The molecule has 0 saturated carbocycles. The number of para-hydroxylation sites is 1. The summed E-state index contributed by atoms with van der Waals surface area (Å²) in [4.78, 5) is 27.2. The smallest absolute Gasteiger partial charge is 0.282 e.